The van der Waals surface area contributed by atoms with Crippen LogP contribution >= 0.6 is 0 Å². The number of carbonyl (C=O) groups excluding carboxylic acids is 2. The number of Topliss-reactive ketones (excluding diaryl/α,β-unsaturated/α-hetero) is 1. The zero-order chi connectivity index (χ0) is 23.0. The number of nitrogens with one attached hydrogen (secondary N) is 1. The largest absolute Gasteiger partial charge is 0.869 e. The number of nitrogens with zero attached hydrogens (tertiary/aromatic N) is 3. The van der Waals surface area contributed by atoms with E-state index in [-0.39, 0.29) is 27.6 Å². The fourth-order valence-corrected chi connectivity index (χ4v) is 4.34. The summed E-state index contributed by atoms with van der Waals surface area (Å²) >= 11 is 0. The molecule has 4 rings (SSSR count). The molecule has 0 fully saturated rings. The Morgan fingerprint density at radius 1 is 1.09 bits per heavy atom. The Hall–Kier alpha value is -4.05. The van der Waals surface area contributed by atoms with E-state index >= 15 is 0 Å². The molecule has 1 aliphatic carbocycles. The third kappa shape index (κ3) is 3.83. The second-order valence-corrected chi connectivity index (χ2v) is 8.76. The lowest BCUT2D eigenvalue weighted by Crippen LogP contribution is -2.31. The van der Waals surface area contributed by atoms with Crippen LogP contribution in [0, 0.1) is 0 Å². The number of allylic oxidation sites excluding steroid dienone is 1. The summed E-state index contributed by atoms with van der Waals surface area (Å²) in [6.45, 7) is 1.33. The van der Waals surface area contributed by atoms with Gasteiger partial charge in [0.2, 0.25) is 18.0 Å². The molecule has 0 atom stereocenters. The molecule has 1 heterocycles. The number of aromatic nitrogens is 2. The van der Waals surface area contributed by atoms with Crippen molar-refractivity contribution in [3.8, 4) is 0 Å². The molecule has 0 radical (unpaired) electrons. The lowest BCUT2D eigenvalue weighted by molar-refractivity contribution is -0.670. The van der Waals surface area contributed by atoms with Crippen LogP contribution in [0.3, 0.4) is 0 Å². The predicted octanol–water partition coefficient (Wildman–Crippen LogP) is 0.983. The van der Waals surface area contributed by atoms with E-state index in [0.29, 0.717) is 5.69 Å². The van der Waals surface area contributed by atoms with Gasteiger partial charge in [-0.2, -0.15) is 12.8 Å². The maximum Gasteiger partial charge on any atom is 0.283 e. The van der Waals surface area contributed by atoms with Crippen molar-refractivity contribution in [1.29, 1.82) is 0 Å². The van der Waals surface area contributed by atoms with E-state index in [4.69, 9.17) is 0 Å². The van der Waals surface area contributed by atoms with Gasteiger partial charge >= 0.3 is 0 Å². The van der Waals surface area contributed by atoms with Crippen LogP contribution in [0.15, 0.2) is 76.5 Å². The summed E-state index contributed by atoms with van der Waals surface area (Å²) in [5, 5.41) is 15.8. The molecule has 1 aromatic heterocycles. The summed E-state index contributed by atoms with van der Waals surface area (Å²) in [6, 6.07) is 11.6. The van der Waals surface area contributed by atoms with Crippen LogP contribution in [0.1, 0.15) is 22.8 Å². The third-order valence-electron chi connectivity index (χ3n) is 4.78. The highest BCUT2D eigenvalue weighted by molar-refractivity contribution is 7.90. The van der Waals surface area contributed by atoms with E-state index in [1.807, 2.05) is 0 Å². The van der Waals surface area contributed by atoms with Gasteiger partial charge in [0.15, 0.2) is 11.4 Å². The molecule has 0 spiro atoms. The van der Waals surface area contributed by atoms with Gasteiger partial charge in [-0.1, -0.05) is 24.3 Å². The van der Waals surface area contributed by atoms with Crippen LogP contribution < -0.4 is 15.0 Å². The number of sulfonamides is 1. The van der Waals surface area contributed by atoms with Crippen molar-refractivity contribution in [2.75, 3.05) is 5.32 Å². The lowest BCUT2D eigenvalue weighted by atomic mass is 9.91. The van der Waals surface area contributed by atoms with Crippen molar-refractivity contribution in [3.63, 3.8) is 0 Å². The third-order valence-corrected chi connectivity index (χ3v) is 6.07. The number of imidazole rings is 1. The Morgan fingerprint density at radius 2 is 1.75 bits per heavy atom. The number of amides is 1. The summed E-state index contributed by atoms with van der Waals surface area (Å²) in [5.41, 5.74) is 0.0743. The summed E-state index contributed by atoms with van der Waals surface area (Å²) < 4.78 is 32.8. The number of hydrogen-bond acceptors (Lipinski definition) is 5. The first-order chi connectivity index (χ1) is 15.2. The first-order valence-electron chi connectivity index (χ1n) is 9.49. The Balaban J connectivity index is 1.87. The summed E-state index contributed by atoms with van der Waals surface area (Å²) in [6.07, 6.45) is 4.73. The van der Waals surface area contributed by atoms with E-state index in [2.05, 4.69) is 9.71 Å². The number of rotatable bonds is 4. The van der Waals surface area contributed by atoms with E-state index in [1.54, 1.807) is 42.5 Å². The Kier molecular flexibility index (Phi) is 5.23. The monoisotopic (exact) mass is 450 g/mol. The van der Waals surface area contributed by atoms with Gasteiger partial charge in [-0.25, -0.2) is 9.13 Å². The maximum atomic E-state index is 13.2. The van der Waals surface area contributed by atoms with Gasteiger partial charge in [0.05, 0.1) is 11.9 Å². The van der Waals surface area contributed by atoms with Crippen LogP contribution in [0.2, 0.25) is 0 Å². The molecule has 32 heavy (non-hydrogen) atoms. The van der Waals surface area contributed by atoms with Gasteiger partial charge in [0, 0.05) is 18.2 Å². The molecule has 0 unspecified atom stereocenters. The molecule has 1 aliphatic rings. The Labute approximate surface area is 184 Å². The Bertz CT molecular complexity index is 1420. The zero-order valence-electron chi connectivity index (χ0n) is 17.1. The molecule has 0 aliphatic heterocycles. The molecule has 3 aromatic rings. The highest BCUT2D eigenvalue weighted by Crippen LogP contribution is 2.30. The minimum atomic E-state index is -4.34. The number of fused-ring (bicyclic) bond motifs is 1. The quantitative estimate of drug-likeness (QED) is 0.594. The molecule has 0 saturated carbocycles. The van der Waals surface area contributed by atoms with Crippen molar-refractivity contribution >= 4 is 44.6 Å². The summed E-state index contributed by atoms with van der Waals surface area (Å²) in [5.74, 6) is -1.47. The van der Waals surface area contributed by atoms with Crippen LogP contribution in [0.25, 0.3) is 11.5 Å². The molecule has 1 N–H and O–H groups in total. The molecule has 162 valence electrons. The summed E-state index contributed by atoms with van der Waals surface area (Å²) in [4.78, 5) is 24.2. The van der Waals surface area contributed by atoms with Crippen molar-refractivity contribution in [1.82, 2.24) is 4.57 Å². The van der Waals surface area contributed by atoms with Crippen molar-refractivity contribution in [2.24, 2.45) is 11.4 Å². The van der Waals surface area contributed by atoms with E-state index < -0.39 is 27.3 Å². The van der Waals surface area contributed by atoms with Crippen LogP contribution in [0.5, 0.6) is 0 Å². The second kappa shape index (κ2) is 7.89. The first-order valence-corrected chi connectivity index (χ1v) is 10.9. The van der Waals surface area contributed by atoms with Crippen molar-refractivity contribution in [3.05, 3.63) is 78.4 Å². The topological polar surface area (TPSA) is 125 Å². The van der Waals surface area contributed by atoms with Gasteiger partial charge in [-0.05, 0) is 35.6 Å². The van der Waals surface area contributed by atoms with E-state index in [1.165, 1.54) is 47.9 Å². The highest BCUT2D eigenvalue weighted by Gasteiger charge is 2.33. The van der Waals surface area contributed by atoms with Crippen LogP contribution in [0.4, 0.5) is 5.69 Å². The SMILES string of the molecule is CC(=O)Nc1ccc(S(=O)(=O)/N=C2/C(=O)c3ccccc3C([O-])=C2n2cc[n+](C)c2)cc1. The smallest absolute Gasteiger partial charge is 0.283 e. The standard InChI is InChI=1S/C22H18N4O5S/c1-14(27)23-15-7-9-16(10-8-15)32(30,31)24-19-20(26-12-11-25(2)13-26)22(29)18-6-4-3-5-17(18)21(19)28/h3-13H,1-2H3,(H-,23,24,27,29). The van der Waals surface area contributed by atoms with Gasteiger partial charge in [-0.3, -0.25) is 9.59 Å². The second-order valence-electron chi connectivity index (χ2n) is 7.16. The molecule has 1 amide bonds. The van der Waals surface area contributed by atoms with E-state index in [0.717, 1.165) is 0 Å². The van der Waals surface area contributed by atoms with Crippen LogP contribution in [-0.4, -0.2) is 30.4 Å². The minimum absolute atomic E-state index is 0.0905. The van der Waals surface area contributed by atoms with Crippen molar-refractivity contribution in [2.45, 2.75) is 11.8 Å². The van der Waals surface area contributed by atoms with Gasteiger partial charge in [0.1, 0.15) is 12.4 Å². The normalized spacial score (nSPS) is 15.1. The highest BCUT2D eigenvalue weighted by atomic mass is 32.2. The number of benzene rings is 2. The van der Waals surface area contributed by atoms with Gasteiger partial charge in [-0.15, -0.1) is 0 Å². The lowest BCUT2D eigenvalue weighted by Gasteiger charge is -2.24. The molecular formula is C22H18N4O5S. The number of carbonyl (C=O) groups is 2. The molecule has 0 saturated heterocycles. The van der Waals surface area contributed by atoms with Gasteiger partial charge < -0.3 is 10.4 Å². The Morgan fingerprint density at radius 3 is 2.34 bits per heavy atom. The van der Waals surface area contributed by atoms with E-state index in [9.17, 15) is 23.1 Å². The molecule has 0 bridgehead atoms. The molecule has 10 heteroatoms. The van der Waals surface area contributed by atoms with Gasteiger partial charge in [0.25, 0.3) is 10.0 Å². The fourth-order valence-electron chi connectivity index (χ4n) is 3.34. The first kappa shape index (κ1) is 21.2. The predicted molar refractivity (Wildman–Crippen MR) is 115 cm³/mol. The number of anilines is 1. The molecule has 2 aromatic carbocycles. The number of hydrogen-bond donors (Lipinski definition) is 1. The average Bonchev–Trinajstić information content (AvgIpc) is 3.17. The average molecular weight is 450 g/mol. The fraction of sp³-hybridized carbons (Fsp3) is 0.0909. The summed E-state index contributed by atoms with van der Waals surface area (Å²) in [7, 11) is -2.61. The zero-order valence-corrected chi connectivity index (χ0v) is 18.0. The number of aryl methyl sites for hydroxylation is 1. The minimum Gasteiger partial charge on any atom is -0.869 e. The number of ketones is 1. The maximum absolute atomic E-state index is 13.2. The van der Waals surface area contributed by atoms with Crippen molar-refractivity contribution < 1.29 is 27.7 Å². The molecule has 9 nitrogen and oxygen atoms in total. The molecular weight excluding hydrogens is 432 g/mol. The van der Waals surface area contributed by atoms with Crippen LogP contribution in [-0.2, 0) is 21.9 Å².